The van der Waals surface area contributed by atoms with Gasteiger partial charge in [-0.15, -0.1) is 0 Å². The number of benzene rings is 10. The maximum atomic E-state index is 9.65. The first kappa shape index (κ1) is 31.1. The highest BCUT2D eigenvalue weighted by atomic mass is 15.1. The first-order valence-electron chi connectivity index (χ1n) is 22.3. The lowest BCUT2D eigenvalue weighted by Crippen LogP contribution is -2.09. The van der Waals surface area contributed by atoms with Crippen LogP contribution in [0.1, 0.15) is 5.48 Å². The van der Waals surface area contributed by atoms with Crippen molar-refractivity contribution in [2.24, 2.45) is 0 Å². The molecule has 60 heavy (non-hydrogen) atoms. The van der Waals surface area contributed by atoms with Gasteiger partial charge in [0.15, 0.2) is 0 Å². The number of rotatable bonds is 8. The standard InChI is InChI=1S/C58H40N2/c1-3-12-41(13-4-1)44-22-30-51(31-23-44)59(52-32-24-45(25-33-52)48-19-11-18-47(38-48)42-14-5-2-6-15-42)53-34-26-46(27-35-53)50-29-37-58-56(40-50)55-20-9-10-21-57(55)60(58)54-36-28-43-16-7-8-17-49(43)39-54/h1-40H/i26D,27D,34D,35D. The number of anilines is 3. The molecule has 2 nitrogen and oxygen atoms in total. The van der Waals surface area contributed by atoms with Crippen molar-refractivity contribution in [3.05, 3.63) is 243 Å². The Labute approximate surface area is 356 Å². The minimum atomic E-state index is -0.124. The molecule has 0 saturated carbocycles. The van der Waals surface area contributed by atoms with Crippen molar-refractivity contribution in [3.8, 4) is 50.2 Å². The fourth-order valence-electron chi connectivity index (χ4n) is 8.44. The Kier molecular flexibility index (Phi) is 7.83. The molecule has 1 aromatic heterocycles. The highest BCUT2D eigenvalue weighted by molar-refractivity contribution is 6.10. The summed E-state index contributed by atoms with van der Waals surface area (Å²) in [5, 5.41) is 4.33. The summed E-state index contributed by atoms with van der Waals surface area (Å²) in [6.45, 7) is 0. The highest BCUT2D eigenvalue weighted by Crippen LogP contribution is 2.40. The normalized spacial score (nSPS) is 12.3. The van der Waals surface area contributed by atoms with Crippen molar-refractivity contribution in [2.75, 3.05) is 4.90 Å². The van der Waals surface area contributed by atoms with E-state index in [1.54, 1.807) is 0 Å². The van der Waals surface area contributed by atoms with Crippen molar-refractivity contribution in [3.63, 3.8) is 0 Å². The highest BCUT2D eigenvalue weighted by Gasteiger charge is 2.16. The van der Waals surface area contributed by atoms with Crippen LogP contribution in [0.2, 0.25) is 0 Å². The van der Waals surface area contributed by atoms with E-state index < -0.39 is 0 Å². The second-order valence-electron chi connectivity index (χ2n) is 15.1. The molecule has 0 aliphatic carbocycles. The van der Waals surface area contributed by atoms with Crippen LogP contribution < -0.4 is 4.90 Å². The Morgan fingerprint density at radius 1 is 0.300 bits per heavy atom. The molecule has 1 heterocycles. The Morgan fingerprint density at radius 3 is 1.48 bits per heavy atom. The molecule has 0 radical (unpaired) electrons. The molecule has 0 aliphatic heterocycles. The molecule has 0 fully saturated rings. The lowest BCUT2D eigenvalue weighted by atomic mass is 9.98. The molecule has 0 unspecified atom stereocenters. The first-order valence-corrected chi connectivity index (χ1v) is 20.3. The van der Waals surface area contributed by atoms with Gasteiger partial charge in [-0.05, 0) is 128 Å². The Morgan fingerprint density at radius 2 is 0.800 bits per heavy atom. The molecule has 0 aliphatic rings. The average Bonchev–Trinajstić information content (AvgIpc) is 3.69. The summed E-state index contributed by atoms with van der Waals surface area (Å²) in [4.78, 5) is 1.85. The van der Waals surface area contributed by atoms with E-state index >= 15 is 0 Å². The largest absolute Gasteiger partial charge is 0.311 e. The van der Waals surface area contributed by atoms with E-state index in [1.807, 2.05) is 114 Å². The molecule has 11 rings (SSSR count). The monoisotopic (exact) mass is 768 g/mol. The molecular weight excluding hydrogens is 725 g/mol. The molecule has 0 bridgehead atoms. The van der Waals surface area contributed by atoms with Gasteiger partial charge in [-0.25, -0.2) is 0 Å². The minimum Gasteiger partial charge on any atom is -0.311 e. The summed E-state index contributed by atoms with van der Waals surface area (Å²) in [5.41, 5.74) is 12.0. The van der Waals surface area contributed by atoms with Crippen LogP contribution in [0.5, 0.6) is 0 Å². The van der Waals surface area contributed by atoms with E-state index in [4.69, 9.17) is 0 Å². The van der Waals surface area contributed by atoms with Crippen LogP contribution in [0.4, 0.5) is 17.1 Å². The molecule has 0 amide bonds. The maximum Gasteiger partial charge on any atom is 0.0645 e. The summed E-state index contributed by atoms with van der Waals surface area (Å²) in [7, 11) is 0. The molecule has 2 heteroatoms. The molecule has 0 N–H and O–H groups in total. The second-order valence-corrected chi connectivity index (χ2v) is 15.1. The zero-order chi connectivity index (χ0) is 43.3. The van der Waals surface area contributed by atoms with Crippen molar-refractivity contribution in [1.82, 2.24) is 4.57 Å². The molecule has 0 spiro atoms. The van der Waals surface area contributed by atoms with Crippen molar-refractivity contribution >= 4 is 49.6 Å². The summed E-state index contributed by atoms with van der Waals surface area (Å²) < 4.78 is 40.7. The third-order valence-corrected chi connectivity index (χ3v) is 11.4. The number of hydrogen-bond donors (Lipinski definition) is 0. The van der Waals surface area contributed by atoms with Gasteiger partial charge in [0.25, 0.3) is 0 Å². The molecular formula is C58H40N2. The zero-order valence-electron chi connectivity index (χ0n) is 36.7. The molecule has 0 atom stereocenters. The maximum absolute atomic E-state index is 9.65. The smallest absolute Gasteiger partial charge is 0.0645 e. The van der Waals surface area contributed by atoms with Crippen molar-refractivity contribution in [2.45, 2.75) is 0 Å². The van der Waals surface area contributed by atoms with Crippen molar-refractivity contribution in [1.29, 1.82) is 0 Å². The second kappa shape index (κ2) is 15.1. The van der Waals surface area contributed by atoms with Crippen LogP contribution in [0, 0.1) is 0 Å². The fourth-order valence-corrected chi connectivity index (χ4v) is 8.44. The minimum absolute atomic E-state index is 0.103. The third kappa shape index (κ3) is 6.51. The summed E-state index contributed by atoms with van der Waals surface area (Å²) in [6, 6.07) is 73.7. The predicted octanol–water partition coefficient (Wildman–Crippen LogP) is 16.1. The van der Waals surface area contributed by atoms with Crippen LogP contribution in [-0.4, -0.2) is 4.57 Å². The van der Waals surface area contributed by atoms with Gasteiger partial charge in [0.1, 0.15) is 0 Å². The number of aromatic nitrogens is 1. The van der Waals surface area contributed by atoms with Crippen LogP contribution in [0.15, 0.2) is 243 Å². The number of nitrogens with zero attached hydrogens (tertiary/aromatic N) is 2. The molecule has 282 valence electrons. The van der Waals surface area contributed by atoms with Gasteiger partial charge in [0, 0.05) is 33.5 Å². The number of hydrogen-bond acceptors (Lipinski definition) is 1. The molecule has 10 aromatic carbocycles. The summed E-state index contributed by atoms with van der Waals surface area (Å²) in [5.74, 6) is 0. The van der Waals surface area contributed by atoms with E-state index in [2.05, 4.69) is 114 Å². The van der Waals surface area contributed by atoms with Gasteiger partial charge in [-0.3, -0.25) is 0 Å². The lowest BCUT2D eigenvalue weighted by molar-refractivity contribution is 1.19. The Bertz CT molecular complexity index is 3500. The number of para-hydroxylation sites is 1. The van der Waals surface area contributed by atoms with Crippen molar-refractivity contribution < 1.29 is 5.48 Å². The fraction of sp³-hybridized carbons (Fsp3) is 0. The Hall–Kier alpha value is -7.94. The quantitative estimate of drug-likeness (QED) is 0.149. The molecule has 0 saturated heterocycles. The van der Waals surface area contributed by atoms with Crippen LogP contribution in [0.3, 0.4) is 0 Å². The Balaban J connectivity index is 1.03. The van der Waals surface area contributed by atoms with Crippen LogP contribution in [0.25, 0.3) is 82.8 Å². The summed E-state index contributed by atoms with van der Waals surface area (Å²) >= 11 is 0. The molecule has 11 aromatic rings. The van der Waals surface area contributed by atoms with Gasteiger partial charge in [-0.2, -0.15) is 0 Å². The SMILES string of the molecule is [2H]c1c([2H])c(N(c2ccc(-c3ccccc3)cc2)c2ccc(-c3cccc(-c4ccccc4)c3)cc2)c([2H])c([2H])c1-c1ccc2c(c1)c1ccccc1n2-c1ccc2ccccc2c1. The van der Waals surface area contributed by atoms with Gasteiger partial charge in [-0.1, -0.05) is 170 Å². The topological polar surface area (TPSA) is 8.17 Å². The lowest BCUT2D eigenvalue weighted by Gasteiger charge is -2.26. The van der Waals surface area contributed by atoms with E-state index in [9.17, 15) is 5.48 Å². The average molecular weight is 769 g/mol. The van der Waals surface area contributed by atoms with Gasteiger partial charge in [0.05, 0.1) is 16.5 Å². The first-order chi connectivity index (χ1) is 31.4. The third-order valence-electron chi connectivity index (χ3n) is 11.4. The van der Waals surface area contributed by atoms with E-state index in [-0.39, 0.29) is 35.4 Å². The summed E-state index contributed by atoms with van der Waals surface area (Å²) in [6.07, 6.45) is 0. The predicted molar refractivity (Wildman–Crippen MR) is 255 cm³/mol. The van der Waals surface area contributed by atoms with Crippen LogP contribution in [-0.2, 0) is 0 Å². The van der Waals surface area contributed by atoms with E-state index in [0.717, 1.165) is 71.9 Å². The number of fused-ring (bicyclic) bond motifs is 4. The zero-order valence-corrected chi connectivity index (χ0v) is 32.7. The van der Waals surface area contributed by atoms with Gasteiger partial charge in [0.2, 0.25) is 0 Å². The van der Waals surface area contributed by atoms with Gasteiger partial charge >= 0.3 is 0 Å². The van der Waals surface area contributed by atoms with E-state index in [0.29, 0.717) is 11.3 Å². The van der Waals surface area contributed by atoms with Gasteiger partial charge < -0.3 is 9.47 Å². The van der Waals surface area contributed by atoms with E-state index in [1.165, 1.54) is 5.39 Å². The van der Waals surface area contributed by atoms with Crippen LogP contribution >= 0.6 is 0 Å².